The summed E-state index contributed by atoms with van der Waals surface area (Å²) >= 11 is 0. The number of hydrogen-bond donors (Lipinski definition) is 1. The van der Waals surface area contributed by atoms with Crippen molar-refractivity contribution in [2.45, 2.75) is 99.5 Å². The fourth-order valence-electron chi connectivity index (χ4n) is 9.23. The van der Waals surface area contributed by atoms with Crippen molar-refractivity contribution in [3.63, 3.8) is 0 Å². The zero-order chi connectivity index (χ0) is 30.1. The molecule has 0 bridgehead atoms. The molecule has 0 radical (unpaired) electrons. The Kier molecular flexibility index (Phi) is 7.06. The summed E-state index contributed by atoms with van der Waals surface area (Å²) in [5, 5.41) is 10.4. The summed E-state index contributed by atoms with van der Waals surface area (Å²) in [6.45, 7) is 14.8. The van der Waals surface area contributed by atoms with E-state index in [4.69, 9.17) is 9.47 Å². The van der Waals surface area contributed by atoms with Crippen molar-refractivity contribution < 1.29 is 33.8 Å². The van der Waals surface area contributed by atoms with Crippen molar-refractivity contribution in [1.82, 2.24) is 0 Å². The van der Waals surface area contributed by atoms with Gasteiger partial charge in [-0.05, 0) is 79.9 Å². The number of allylic oxidation sites excluding steroid dienone is 7. The van der Waals surface area contributed by atoms with Gasteiger partial charge in [0.1, 0.15) is 0 Å². The van der Waals surface area contributed by atoms with Crippen LogP contribution in [0.2, 0.25) is 0 Å². The summed E-state index contributed by atoms with van der Waals surface area (Å²) in [4.78, 5) is 51.0. The van der Waals surface area contributed by atoms with E-state index in [1.807, 2.05) is 13.8 Å². The number of hydrogen-bond acceptors (Lipinski definition) is 7. The maximum Gasteiger partial charge on any atom is 0.307 e. The molecule has 0 aliphatic heterocycles. The Hall–Kier alpha value is -2.96. The summed E-state index contributed by atoms with van der Waals surface area (Å²) in [5.74, 6) is -1.63. The third-order valence-electron chi connectivity index (χ3n) is 11.9. The van der Waals surface area contributed by atoms with Crippen LogP contribution in [0.4, 0.5) is 0 Å². The lowest BCUT2D eigenvalue weighted by Gasteiger charge is -2.69. The predicted octanol–water partition coefficient (Wildman–Crippen LogP) is 6.29. The molecule has 7 atom stereocenters. The van der Waals surface area contributed by atoms with Gasteiger partial charge < -0.3 is 14.6 Å². The first kappa shape index (κ1) is 29.5. The lowest BCUT2D eigenvalue weighted by molar-refractivity contribution is -0.205. The molecule has 1 N–H and O–H groups in total. The maximum absolute atomic E-state index is 13.6. The van der Waals surface area contributed by atoms with Crippen LogP contribution >= 0.6 is 0 Å². The molecule has 41 heavy (non-hydrogen) atoms. The third kappa shape index (κ3) is 4.12. The Morgan fingerprint density at radius 1 is 1.00 bits per heavy atom. The van der Waals surface area contributed by atoms with Crippen LogP contribution in [-0.2, 0) is 28.7 Å². The van der Waals surface area contributed by atoms with Gasteiger partial charge in [-0.2, -0.15) is 0 Å². The number of ketones is 2. The molecule has 7 unspecified atom stereocenters. The molecule has 0 spiro atoms. The van der Waals surface area contributed by atoms with E-state index in [-0.39, 0.29) is 64.9 Å². The first-order valence-corrected chi connectivity index (χ1v) is 15.1. The molecule has 0 heterocycles. The maximum atomic E-state index is 13.6. The van der Waals surface area contributed by atoms with Gasteiger partial charge in [0.25, 0.3) is 0 Å². The highest BCUT2D eigenvalue weighted by Crippen LogP contribution is 2.74. The SMILES string of the molecule is CCOC(=O)CCC(=O)OC1C(=O)C(C)CC2C1(C)CCC1(C)C3=CC=C4C(=CC(=O)C(O)=C4C)C3(C)CCC21C. The molecule has 7 heteroatoms. The van der Waals surface area contributed by atoms with Crippen LogP contribution in [0.15, 0.2) is 46.3 Å². The van der Waals surface area contributed by atoms with Gasteiger partial charge in [0.2, 0.25) is 5.78 Å². The van der Waals surface area contributed by atoms with E-state index in [9.17, 15) is 24.3 Å². The molecule has 7 nitrogen and oxygen atoms in total. The molecule has 0 amide bonds. The van der Waals surface area contributed by atoms with Crippen molar-refractivity contribution in [2.24, 2.45) is 33.5 Å². The molecule has 0 aromatic rings. The van der Waals surface area contributed by atoms with E-state index >= 15 is 0 Å². The number of aliphatic hydroxyl groups excluding tert-OH is 1. The summed E-state index contributed by atoms with van der Waals surface area (Å²) in [6, 6.07) is 0. The van der Waals surface area contributed by atoms with Gasteiger partial charge in [0, 0.05) is 22.3 Å². The Morgan fingerprint density at radius 2 is 1.68 bits per heavy atom. The number of carbonyl (C=O) groups excluding carboxylic acids is 4. The second-order valence-electron chi connectivity index (χ2n) is 13.9. The highest BCUT2D eigenvalue weighted by molar-refractivity contribution is 6.06. The van der Waals surface area contributed by atoms with E-state index < -0.39 is 23.5 Å². The van der Waals surface area contributed by atoms with E-state index in [1.54, 1.807) is 13.0 Å². The summed E-state index contributed by atoms with van der Waals surface area (Å²) in [5.41, 5.74) is 2.64. The Balaban J connectivity index is 1.50. The van der Waals surface area contributed by atoms with Crippen molar-refractivity contribution in [3.05, 3.63) is 46.3 Å². The standard InChI is InChI=1S/C34H44O7/c1-8-40-26(36)11-12-27(37)41-30-28(38)19(2)17-25-32(30,5)14-16-33(6)24-10-9-21-20(3)29(39)23(35)18-22(21)31(24,4)13-15-34(25,33)7/h9-10,18-19,25,30,39H,8,11-17H2,1-7H3. The van der Waals surface area contributed by atoms with Gasteiger partial charge in [-0.1, -0.05) is 52.3 Å². The van der Waals surface area contributed by atoms with E-state index in [1.165, 1.54) is 5.57 Å². The number of carbonyl (C=O) groups is 4. The highest BCUT2D eigenvalue weighted by Gasteiger charge is 2.69. The van der Waals surface area contributed by atoms with Gasteiger partial charge in [0.05, 0.1) is 19.4 Å². The van der Waals surface area contributed by atoms with Crippen molar-refractivity contribution in [1.29, 1.82) is 0 Å². The normalized spacial score (nSPS) is 39.8. The highest BCUT2D eigenvalue weighted by atomic mass is 16.6. The molecule has 0 saturated heterocycles. The predicted molar refractivity (Wildman–Crippen MR) is 154 cm³/mol. The average Bonchev–Trinajstić information content (AvgIpc) is 2.92. The minimum Gasteiger partial charge on any atom is -0.504 e. The average molecular weight is 565 g/mol. The quantitative estimate of drug-likeness (QED) is 0.391. The first-order valence-electron chi connectivity index (χ1n) is 15.1. The van der Waals surface area contributed by atoms with Gasteiger partial charge in [0.15, 0.2) is 17.6 Å². The molecular weight excluding hydrogens is 520 g/mol. The Morgan fingerprint density at radius 3 is 2.37 bits per heavy atom. The van der Waals surface area contributed by atoms with Crippen molar-refractivity contribution in [3.8, 4) is 0 Å². The molecular formula is C34H44O7. The van der Waals surface area contributed by atoms with E-state index in [0.717, 1.165) is 43.3 Å². The van der Waals surface area contributed by atoms with Gasteiger partial charge >= 0.3 is 11.9 Å². The summed E-state index contributed by atoms with van der Waals surface area (Å²) in [7, 11) is 0. The van der Waals surface area contributed by atoms with Crippen molar-refractivity contribution in [2.75, 3.05) is 6.61 Å². The molecule has 3 saturated carbocycles. The van der Waals surface area contributed by atoms with Gasteiger partial charge in [-0.15, -0.1) is 0 Å². The minimum atomic E-state index is -0.845. The number of aliphatic hydroxyl groups is 1. The molecule has 3 fully saturated rings. The van der Waals surface area contributed by atoms with Crippen LogP contribution in [0.1, 0.15) is 93.4 Å². The summed E-state index contributed by atoms with van der Waals surface area (Å²) in [6.07, 6.45) is 8.92. The molecule has 0 aromatic carbocycles. The van der Waals surface area contributed by atoms with E-state index in [0.29, 0.717) is 5.57 Å². The number of rotatable bonds is 5. The molecule has 5 aliphatic rings. The zero-order valence-electron chi connectivity index (χ0n) is 25.5. The largest absolute Gasteiger partial charge is 0.504 e. The van der Waals surface area contributed by atoms with Crippen LogP contribution < -0.4 is 0 Å². The number of Topliss-reactive ketones (excluding diaryl/α,β-unsaturated/α-hetero) is 1. The van der Waals surface area contributed by atoms with Crippen LogP contribution in [0.25, 0.3) is 0 Å². The topological polar surface area (TPSA) is 107 Å². The van der Waals surface area contributed by atoms with Gasteiger partial charge in [-0.3, -0.25) is 19.2 Å². The lowest BCUT2D eigenvalue weighted by Crippen LogP contribution is -2.66. The van der Waals surface area contributed by atoms with Crippen molar-refractivity contribution >= 4 is 23.5 Å². The third-order valence-corrected chi connectivity index (χ3v) is 11.9. The second-order valence-corrected chi connectivity index (χ2v) is 13.9. The summed E-state index contributed by atoms with van der Waals surface area (Å²) < 4.78 is 10.9. The fraction of sp³-hybridized carbons (Fsp3) is 0.647. The number of esters is 2. The van der Waals surface area contributed by atoms with Crippen LogP contribution in [0.5, 0.6) is 0 Å². The van der Waals surface area contributed by atoms with Crippen LogP contribution in [0, 0.1) is 33.5 Å². The monoisotopic (exact) mass is 564 g/mol. The lowest BCUT2D eigenvalue weighted by atomic mass is 9.34. The second kappa shape index (κ2) is 9.81. The van der Waals surface area contributed by atoms with E-state index in [2.05, 4.69) is 39.8 Å². The minimum absolute atomic E-state index is 0.0292. The number of ether oxygens (including phenoxy) is 2. The van der Waals surface area contributed by atoms with Crippen LogP contribution in [-0.4, -0.2) is 41.3 Å². The molecule has 5 rings (SSSR count). The smallest absolute Gasteiger partial charge is 0.307 e. The molecule has 5 aliphatic carbocycles. The number of fused-ring (bicyclic) bond motifs is 7. The van der Waals surface area contributed by atoms with Gasteiger partial charge in [-0.25, -0.2) is 0 Å². The molecule has 0 aromatic heterocycles. The van der Waals surface area contributed by atoms with Crippen LogP contribution in [0.3, 0.4) is 0 Å². The Bertz CT molecular complexity index is 1350. The zero-order valence-corrected chi connectivity index (χ0v) is 25.5. The molecule has 222 valence electrons. The first-order chi connectivity index (χ1) is 19.1. The Labute approximate surface area is 243 Å². The fourth-order valence-corrected chi connectivity index (χ4v) is 9.23.